The van der Waals surface area contributed by atoms with Crippen LogP contribution in [0.25, 0.3) is 0 Å². The minimum absolute atomic E-state index is 0.0349. The summed E-state index contributed by atoms with van der Waals surface area (Å²) < 4.78 is 0. The normalized spacial score (nSPS) is 15.4. The minimum atomic E-state index is -0.182. The Kier molecular flexibility index (Phi) is 7.39. The first kappa shape index (κ1) is 16.4. The van der Waals surface area contributed by atoms with Gasteiger partial charge in [-0.1, -0.05) is 6.92 Å². The van der Waals surface area contributed by atoms with Crippen LogP contribution in [0.3, 0.4) is 0 Å². The summed E-state index contributed by atoms with van der Waals surface area (Å²) in [6.45, 7) is 10.9. The lowest BCUT2D eigenvalue weighted by molar-refractivity contribution is -0.124. The second-order valence-electron chi connectivity index (χ2n) is 5.85. The maximum absolute atomic E-state index is 11.7. The van der Waals surface area contributed by atoms with Crippen LogP contribution in [-0.2, 0) is 4.79 Å². The largest absolute Gasteiger partial charge is 0.396 e. The van der Waals surface area contributed by atoms with E-state index in [2.05, 4.69) is 10.6 Å². The Morgan fingerprint density at radius 2 is 1.88 bits per heavy atom. The quantitative estimate of drug-likeness (QED) is 0.591. The van der Waals surface area contributed by atoms with Crippen molar-refractivity contribution in [3.05, 3.63) is 0 Å². The summed E-state index contributed by atoms with van der Waals surface area (Å²) in [4.78, 5) is 11.7. The average Bonchev–Trinajstić information content (AvgIpc) is 2.21. The highest BCUT2D eigenvalue weighted by Gasteiger charge is 2.18. The van der Waals surface area contributed by atoms with E-state index in [9.17, 15) is 4.79 Å². The first-order valence-corrected chi connectivity index (χ1v) is 6.42. The molecule has 0 fully saturated rings. The molecule has 2 atom stereocenters. The van der Waals surface area contributed by atoms with Gasteiger partial charge in [0.15, 0.2) is 0 Å². The van der Waals surface area contributed by atoms with Gasteiger partial charge >= 0.3 is 0 Å². The number of carbonyl (C=O) groups excluding carboxylic acids is 1. The van der Waals surface area contributed by atoms with Gasteiger partial charge in [0, 0.05) is 12.1 Å². The van der Waals surface area contributed by atoms with Crippen molar-refractivity contribution in [2.45, 2.75) is 59.0 Å². The molecule has 2 unspecified atom stereocenters. The Hall–Kier alpha value is -0.610. The van der Waals surface area contributed by atoms with E-state index >= 15 is 0 Å². The van der Waals surface area contributed by atoms with Crippen LogP contribution < -0.4 is 10.6 Å². The fourth-order valence-electron chi connectivity index (χ4n) is 1.43. The van der Waals surface area contributed by atoms with Crippen LogP contribution >= 0.6 is 0 Å². The summed E-state index contributed by atoms with van der Waals surface area (Å²) in [5.41, 5.74) is -0.182. The summed E-state index contributed by atoms with van der Waals surface area (Å²) >= 11 is 0. The summed E-state index contributed by atoms with van der Waals surface area (Å²) in [7, 11) is 0. The third kappa shape index (κ3) is 9.12. The van der Waals surface area contributed by atoms with E-state index in [1.165, 1.54) is 0 Å². The molecule has 102 valence electrons. The molecule has 0 aliphatic carbocycles. The topological polar surface area (TPSA) is 61.4 Å². The number of amides is 1. The molecule has 4 heteroatoms. The molecule has 0 aromatic rings. The SMILES string of the molecule is CC(CO)CCCNC(C)C(=O)NC(C)(C)C. The lowest BCUT2D eigenvalue weighted by Gasteiger charge is -2.23. The Morgan fingerprint density at radius 1 is 1.29 bits per heavy atom. The Bertz CT molecular complexity index is 224. The molecule has 0 radical (unpaired) electrons. The van der Waals surface area contributed by atoms with Crippen LogP contribution in [0, 0.1) is 5.92 Å². The molecule has 0 saturated heterocycles. The Labute approximate surface area is 105 Å². The van der Waals surface area contributed by atoms with Crippen molar-refractivity contribution in [2.24, 2.45) is 5.92 Å². The van der Waals surface area contributed by atoms with E-state index in [1.807, 2.05) is 34.6 Å². The highest BCUT2D eigenvalue weighted by atomic mass is 16.3. The average molecular weight is 244 g/mol. The van der Waals surface area contributed by atoms with Crippen LogP contribution in [0.1, 0.15) is 47.5 Å². The molecule has 0 bridgehead atoms. The van der Waals surface area contributed by atoms with Gasteiger partial charge in [-0.15, -0.1) is 0 Å². The number of rotatable bonds is 7. The van der Waals surface area contributed by atoms with Gasteiger partial charge in [0.05, 0.1) is 6.04 Å². The van der Waals surface area contributed by atoms with Crippen molar-refractivity contribution in [1.29, 1.82) is 0 Å². The van der Waals surface area contributed by atoms with Gasteiger partial charge in [-0.05, 0) is 53.0 Å². The fraction of sp³-hybridized carbons (Fsp3) is 0.923. The van der Waals surface area contributed by atoms with Crippen LogP contribution in [0.2, 0.25) is 0 Å². The van der Waals surface area contributed by atoms with Crippen molar-refractivity contribution < 1.29 is 9.90 Å². The van der Waals surface area contributed by atoms with E-state index in [4.69, 9.17) is 5.11 Å². The molecule has 17 heavy (non-hydrogen) atoms. The molecule has 4 nitrogen and oxygen atoms in total. The van der Waals surface area contributed by atoms with Crippen LogP contribution in [0.4, 0.5) is 0 Å². The number of nitrogens with one attached hydrogen (secondary N) is 2. The number of hydrogen-bond donors (Lipinski definition) is 3. The van der Waals surface area contributed by atoms with E-state index in [0.717, 1.165) is 19.4 Å². The van der Waals surface area contributed by atoms with Gasteiger partial charge in [-0.3, -0.25) is 4.79 Å². The van der Waals surface area contributed by atoms with Crippen molar-refractivity contribution in [1.82, 2.24) is 10.6 Å². The first-order chi connectivity index (χ1) is 7.76. The van der Waals surface area contributed by atoms with E-state index in [0.29, 0.717) is 5.92 Å². The zero-order chi connectivity index (χ0) is 13.5. The number of carbonyl (C=O) groups is 1. The van der Waals surface area contributed by atoms with Gasteiger partial charge in [0.2, 0.25) is 5.91 Å². The van der Waals surface area contributed by atoms with Gasteiger partial charge in [-0.2, -0.15) is 0 Å². The molecule has 3 N–H and O–H groups in total. The van der Waals surface area contributed by atoms with Crippen molar-refractivity contribution >= 4 is 5.91 Å². The van der Waals surface area contributed by atoms with E-state index < -0.39 is 0 Å². The monoisotopic (exact) mass is 244 g/mol. The van der Waals surface area contributed by atoms with Crippen LogP contribution in [-0.4, -0.2) is 35.7 Å². The smallest absolute Gasteiger partial charge is 0.237 e. The molecular formula is C13H28N2O2. The fourth-order valence-corrected chi connectivity index (χ4v) is 1.43. The molecule has 0 aliphatic heterocycles. The summed E-state index contributed by atoms with van der Waals surface area (Å²) in [5.74, 6) is 0.378. The summed E-state index contributed by atoms with van der Waals surface area (Å²) in [6.07, 6.45) is 1.96. The maximum Gasteiger partial charge on any atom is 0.237 e. The lowest BCUT2D eigenvalue weighted by atomic mass is 10.1. The van der Waals surface area contributed by atoms with Gasteiger partial charge in [0.25, 0.3) is 0 Å². The molecule has 0 aromatic heterocycles. The molecular weight excluding hydrogens is 216 g/mol. The molecule has 0 aromatic carbocycles. The minimum Gasteiger partial charge on any atom is -0.396 e. The third-order valence-corrected chi connectivity index (χ3v) is 2.53. The van der Waals surface area contributed by atoms with E-state index in [-0.39, 0.29) is 24.1 Å². The second kappa shape index (κ2) is 7.67. The molecule has 0 rings (SSSR count). The Morgan fingerprint density at radius 3 is 2.35 bits per heavy atom. The van der Waals surface area contributed by atoms with Gasteiger partial charge in [0.1, 0.15) is 0 Å². The van der Waals surface area contributed by atoms with Gasteiger partial charge in [-0.25, -0.2) is 0 Å². The summed E-state index contributed by atoms with van der Waals surface area (Å²) in [5, 5.41) is 15.0. The zero-order valence-electron chi connectivity index (χ0n) is 11.8. The van der Waals surface area contributed by atoms with E-state index in [1.54, 1.807) is 0 Å². The lowest BCUT2D eigenvalue weighted by Crippen LogP contribution is -2.49. The van der Waals surface area contributed by atoms with Crippen molar-refractivity contribution in [3.8, 4) is 0 Å². The van der Waals surface area contributed by atoms with Gasteiger partial charge < -0.3 is 15.7 Å². The Balaban J connectivity index is 3.72. The molecule has 0 aliphatic rings. The highest BCUT2D eigenvalue weighted by Crippen LogP contribution is 2.03. The standard InChI is InChI=1S/C13H28N2O2/c1-10(9-16)7-6-8-14-11(2)12(17)15-13(3,4)5/h10-11,14,16H,6-9H2,1-5H3,(H,15,17). The molecule has 1 amide bonds. The second-order valence-corrected chi connectivity index (χ2v) is 5.85. The predicted molar refractivity (Wildman–Crippen MR) is 70.8 cm³/mol. The number of hydrogen-bond acceptors (Lipinski definition) is 3. The maximum atomic E-state index is 11.7. The van der Waals surface area contributed by atoms with Crippen molar-refractivity contribution in [3.63, 3.8) is 0 Å². The number of aliphatic hydroxyl groups excluding tert-OH is 1. The number of aliphatic hydroxyl groups is 1. The van der Waals surface area contributed by atoms with Crippen LogP contribution in [0.15, 0.2) is 0 Å². The predicted octanol–water partition coefficient (Wildman–Crippen LogP) is 1.29. The zero-order valence-corrected chi connectivity index (χ0v) is 11.8. The summed E-state index contributed by atoms with van der Waals surface area (Å²) in [6, 6.07) is -0.168. The van der Waals surface area contributed by atoms with Crippen LogP contribution in [0.5, 0.6) is 0 Å². The molecule has 0 saturated carbocycles. The third-order valence-electron chi connectivity index (χ3n) is 2.53. The van der Waals surface area contributed by atoms with Crippen molar-refractivity contribution in [2.75, 3.05) is 13.2 Å². The molecule has 0 spiro atoms. The molecule has 0 heterocycles. The highest BCUT2D eigenvalue weighted by molar-refractivity contribution is 5.81. The first-order valence-electron chi connectivity index (χ1n) is 6.42.